The van der Waals surface area contributed by atoms with Gasteiger partial charge in [0.25, 0.3) is 0 Å². The van der Waals surface area contributed by atoms with Crippen molar-refractivity contribution in [2.24, 2.45) is 0 Å². The lowest BCUT2D eigenvalue weighted by atomic mass is 10.2. The Hall–Kier alpha value is -1.99. The van der Waals surface area contributed by atoms with Crippen molar-refractivity contribution in [1.82, 2.24) is 4.90 Å². The molecule has 4 nitrogen and oxygen atoms in total. The second-order valence-electron chi connectivity index (χ2n) is 3.55. The van der Waals surface area contributed by atoms with Crippen LogP contribution >= 0.6 is 0 Å². The highest BCUT2D eigenvalue weighted by Gasteiger charge is 2.13. The summed E-state index contributed by atoms with van der Waals surface area (Å²) in [5.74, 6) is 5.24. The van der Waals surface area contributed by atoms with Crippen molar-refractivity contribution in [3.63, 3.8) is 0 Å². The van der Waals surface area contributed by atoms with Crippen molar-refractivity contribution in [3.8, 4) is 11.8 Å². The zero-order valence-electron chi connectivity index (χ0n) is 10.4. The van der Waals surface area contributed by atoms with Crippen molar-refractivity contribution in [3.05, 3.63) is 35.9 Å². The van der Waals surface area contributed by atoms with E-state index in [1.54, 1.807) is 6.92 Å². The molecule has 0 saturated carbocycles. The number of nitrogens with zero attached hydrogens (tertiary/aromatic N) is 1. The fourth-order valence-electron chi connectivity index (χ4n) is 1.41. The molecule has 0 spiro atoms. The number of hydrogen-bond donors (Lipinski definition) is 1. The van der Waals surface area contributed by atoms with Gasteiger partial charge in [0.05, 0.1) is 13.2 Å². The monoisotopic (exact) mass is 247 g/mol. The Balaban J connectivity index is 2.67. The molecule has 1 N–H and O–H groups in total. The molecule has 0 aliphatic rings. The van der Waals surface area contributed by atoms with Crippen LogP contribution in [0, 0.1) is 11.8 Å². The summed E-state index contributed by atoms with van der Waals surface area (Å²) in [6.07, 6.45) is -0.395. The zero-order valence-corrected chi connectivity index (χ0v) is 10.4. The molecule has 1 amide bonds. The lowest BCUT2D eigenvalue weighted by molar-refractivity contribution is 0.109. The molecule has 0 atom stereocenters. The van der Waals surface area contributed by atoms with Crippen LogP contribution < -0.4 is 0 Å². The summed E-state index contributed by atoms with van der Waals surface area (Å²) in [5.41, 5.74) is 1.01. The normalized spacial score (nSPS) is 9.22. The van der Waals surface area contributed by atoms with Crippen LogP contribution in [0.1, 0.15) is 12.5 Å². The minimum atomic E-state index is -0.395. The molecule has 0 aliphatic carbocycles. The second-order valence-corrected chi connectivity index (χ2v) is 3.55. The molecule has 4 heteroatoms. The molecule has 0 fully saturated rings. The molecule has 18 heavy (non-hydrogen) atoms. The van der Waals surface area contributed by atoms with Crippen LogP contribution in [-0.2, 0) is 11.3 Å². The average Bonchev–Trinajstić information content (AvgIpc) is 2.39. The number of rotatable bonds is 4. The van der Waals surface area contributed by atoms with Crippen molar-refractivity contribution in [2.45, 2.75) is 13.5 Å². The zero-order chi connectivity index (χ0) is 13.2. The Labute approximate surface area is 107 Å². The predicted molar refractivity (Wildman–Crippen MR) is 68.7 cm³/mol. The molecule has 0 radical (unpaired) electrons. The van der Waals surface area contributed by atoms with Crippen LogP contribution in [-0.4, -0.2) is 35.9 Å². The maximum absolute atomic E-state index is 11.7. The van der Waals surface area contributed by atoms with Crippen LogP contribution in [0.5, 0.6) is 0 Å². The Bertz CT molecular complexity index is 420. The number of carbonyl (C=O) groups excluding carboxylic acids is 1. The number of benzene rings is 1. The fraction of sp³-hybridized carbons (Fsp3) is 0.357. The highest BCUT2D eigenvalue weighted by molar-refractivity contribution is 5.68. The first-order chi connectivity index (χ1) is 8.77. The lowest BCUT2D eigenvalue weighted by Crippen LogP contribution is -2.31. The molecule has 1 aromatic carbocycles. The van der Waals surface area contributed by atoms with E-state index in [9.17, 15) is 4.79 Å². The van der Waals surface area contributed by atoms with Crippen molar-refractivity contribution in [1.29, 1.82) is 0 Å². The summed E-state index contributed by atoms with van der Waals surface area (Å²) >= 11 is 0. The molecule has 1 rings (SSSR count). The number of aliphatic hydroxyl groups is 1. The SMILES string of the molecule is CCOC(=O)N(CC#CCO)Cc1ccccc1. The third-order valence-corrected chi connectivity index (χ3v) is 2.22. The van der Waals surface area contributed by atoms with Gasteiger partial charge in [-0.25, -0.2) is 4.79 Å². The molecular formula is C14H17NO3. The number of carbonyl (C=O) groups is 1. The minimum absolute atomic E-state index is 0.206. The van der Waals surface area contributed by atoms with E-state index >= 15 is 0 Å². The van der Waals surface area contributed by atoms with Gasteiger partial charge in [0.2, 0.25) is 0 Å². The number of ether oxygens (including phenoxy) is 1. The number of aliphatic hydroxyl groups excluding tert-OH is 1. The second kappa shape index (κ2) is 8.15. The Kier molecular flexibility index (Phi) is 6.37. The van der Waals surface area contributed by atoms with E-state index in [1.807, 2.05) is 30.3 Å². The minimum Gasteiger partial charge on any atom is -0.450 e. The predicted octanol–water partition coefficient (Wildman–Crippen LogP) is 1.64. The van der Waals surface area contributed by atoms with Gasteiger partial charge in [-0.1, -0.05) is 42.2 Å². The number of amides is 1. The van der Waals surface area contributed by atoms with E-state index < -0.39 is 6.09 Å². The van der Waals surface area contributed by atoms with Crippen molar-refractivity contribution < 1.29 is 14.6 Å². The van der Waals surface area contributed by atoms with Gasteiger partial charge in [-0.3, -0.25) is 4.90 Å². The van der Waals surface area contributed by atoms with Crippen LogP contribution in [0.25, 0.3) is 0 Å². The molecule has 0 bridgehead atoms. The van der Waals surface area contributed by atoms with Crippen molar-refractivity contribution in [2.75, 3.05) is 19.8 Å². The summed E-state index contributed by atoms with van der Waals surface area (Å²) in [7, 11) is 0. The van der Waals surface area contributed by atoms with E-state index in [-0.39, 0.29) is 13.2 Å². The van der Waals surface area contributed by atoms with E-state index in [0.29, 0.717) is 13.2 Å². The van der Waals surface area contributed by atoms with E-state index in [2.05, 4.69) is 11.8 Å². The molecular weight excluding hydrogens is 230 g/mol. The molecule has 0 heterocycles. The van der Waals surface area contributed by atoms with Gasteiger partial charge in [0.1, 0.15) is 6.61 Å². The summed E-state index contributed by atoms with van der Waals surface area (Å²) in [6.45, 7) is 2.58. The van der Waals surface area contributed by atoms with Crippen LogP contribution in [0.15, 0.2) is 30.3 Å². The van der Waals surface area contributed by atoms with Gasteiger partial charge in [0, 0.05) is 6.54 Å². The third-order valence-electron chi connectivity index (χ3n) is 2.22. The highest BCUT2D eigenvalue weighted by Crippen LogP contribution is 2.05. The molecule has 96 valence electrons. The van der Waals surface area contributed by atoms with Gasteiger partial charge in [-0.2, -0.15) is 0 Å². The Morgan fingerprint density at radius 1 is 1.33 bits per heavy atom. The van der Waals surface area contributed by atoms with E-state index in [0.717, 1.165) is 5.56 Å². The quantitative estimate of drug-likeness (QED) is 0.823. The number of hydrogen-bond acceptors (Lipinski definition) is 3. The topological polar surface area (TPSA) is 49.8 Å². The molecule has 0 saturated heterocycles. The summed E-state index contributed by atoms with van der Waals surface area (Å²) in [5, 5.41) is 8.60. The van der Waals surface area contributed by atoms with Gasteiger partial charge in [0.15, 0.2) is 0 Å². The summed E-state index contributed by atoms with van der Waals surface area (Å²) in [6, 6.07) is 9.62. The summed E-state index contributed by atoms with van der Waals surface area (Å²) in [4.78, 5) is 13.2. The van der Waals surface area contributed by atoms with Gasteiger partial charge in [-0.15, -0.1) is 0 Å². The maximum Gasteiger partial charge on any atom is 0.410 e. The summed E-state index contributed by atoms with van der Waals surface area (Å²) < 4.78 is 4.96. The fourth-order valence-corrected chi connectivity index (χ4v) is 1.41. The van der Waals surface area contributed by atoms with Gasteiger partial charge < -0.3 is 9.84 Å². The maximum atomic E-state index is 11.7. The first-order valence-electron chi connectivity index (χ1n) is 5.80. The van der Waals surface area contributed by atoms with E-state index in [1.165, 1.54) is 4.90 Å². The van der Waals surface area contributed by atoms with E-state index in [4.69, 9.17) is 9.84 Å². The van der Waals surface area contributed by atoms with Crippen LogP contribution in [0.4, 0.5) is 4.79 Å². The van der Waals surface area contributed by atoms with Crippen LogP contribution in [0.3, 0.4) is 0 Å². The Morgan fingerprint density at radius 2 is 2.06 bits per heavy atom. The molecule has 0 aromatic heterocycles. The lowest BCUT2D eigenvalue weighted by Gasteiger charge is -2.19. The molecule has 1 aromatic rings. The first kappa shape index (κ1) is 14.1. The highest BCUT2D eigenvalue weighted by atomic mass is 16.6. The molecule has 0 unspecified atom stereocenters. The third kappa shape index (κ3) is 4.89. The van der Waals surface area contributed by atoms with Gasteiger partial charge in [-0.05, 0) is 12.5 Å². The molecule has 0 aliphatic heterocycles. The first-order valence-corrected chi connectivity index (χ1v) is 5.80. The Morgan fingerprint density at radius 3 is 2.67 bits per heavy atom. The van der Waals surface area contributed by atoms with Gasteiger partial charge >= 0.3 is 6.09 Å². The van der Waals surface area contributed by atoms with Crippen LogP contribution in [0.2, 0.25) is 0 Å². The largest absolute Gasteiger partial charge is 0.450 e. The average molecular weight is 247 g/mol. The smallest absolute Gasteiger partial charge is 0.410 e. The van der Waals surface area contributed by atoms with Crippen molar-refractivity contribution >= 4 is 6.09 Å². The standard InChI is InChI=1S/C14H17NO3/c1-2-18-14(17)15(10-6-7-11-16)12-13-8-4-3-5-9-13/h3-5,8-9,16H,2,10-12H2,1H3.